The number of hydrogen-bond acceptors (Lipinski definition) is 5. The predicted molar refractivity (Wildman–Crippen MR) is 105 cm³/mol. The maximum absolute atomic E-state index is 12.5. The smallest absolute Gasteiger partial charge is 0.265 e. The Kier molecular flexibility index (Phi) is 6.38. The highest BCUT2D eigenvalue weighted by molar-refractivity contribution is 7.08. The van der Waals surface area contributed by atoms with Gasteiger partial charge in [-0.05, 0) is 47.3 Å². The summed E-state index contributed by atoms with van der Waals surface area (Å²) in [6.07, 6.45) is 2.04. The van der Waals surface area contributed by atoms with Crippen LogP contribution in [0, 0.1) is 11.8 Å². The van der Waals surface area contributed by atoms with Gasteiger partial charge in [0.15, 0.2) is 0 Å². The van der Waals surface area contributed by atoms with Crippen molar-refractivity contribution in [2.75, 3.05) is 13.1 Å². The molecule has 1 fully saturated rings. The third-order valence-electron chi connectivity index (χ3n) is 4.99. The van der Waals surface area contributed by atoms with E-state index in [0.717, 1.165) is 43.6 Å². The monoisotopic (exact) mass is 372 g/mol. The molecule has 2 unspecified atom stereocenters. The van der Waals surface area contributed by atoms with Gasteiger partial charge in [-0.2, -0.15) is 0 Å². The van der Waals surface area contributed by atoms with Crippen LogP contribution in [0.4, 0.5) is 0 Å². The van der Waals surface area contributed by atoms with E-state index >= 15 is 0 Å². The number of carbonyl (C=O) groups is 1. The number of likely N-dealkylation sites (tertiary alicyclic amines) is 1. The maximum Gasteiger partial charge on any atom is 0.265 e. The summed E-state index contributed by atoms with van der Waals surface area (Å²) >= 11 is 1.17. The molecule has 1 aromatic carbocycles. The molecule has 0 aliphatic carbocycles. The number of piperidine rings is 1. The van der Waals surface area contributed by atoms with Crippen molar-refractivity contribution in [3.05, 3.63) is 46.0 Å². The van der Waals surface area contributed by atoms with Crippen LogP contribution in [-0.2, 0) is 19.5 Å². The number of aryl methyl sites for hydroxylation is 1. The zero-order valence-electron chi connectivity index (χ0n) is 15.9. The molecule has 1 saturated heterocycles. The lowest BCUT2D eigenvalue weighted by molar-refractivity contribution is 0.0953. The van der Waals surface area contributed by atoms with Crippen molar-refractivity contribution in [1.82, 2.24) is 19.8 Å². The van der Waals surface area contributed by atoms with Crippen LogP contribution in [0.1, 0.15) is 53.7 Å². The molecule has 2 aromatic rings. The fourth-order valence-corrected chi connectivity index (χ4v) is 4.58. The van der Waals surface area contributed by atoms with Crippen LogP contribution in [-0.4, -0.2) is 33.5 Å². The van der Waals surface area contributed by atoms with Gasteiger partial charge in [0.2, 0.25) is 0 Å². The molecule has 0 spiro atoms. The summed E-state index contributed by atoms with van der Waals surface area (Å²) in [5.74, 6) is 1.42. The number of amides is 1. The highest BCUT2D eigenvalue weighted by atomic mass is 32.1. The summed E-state index contributed by atoms with van der Waals surface area (Å²) in [6, 6.07) is 8.41. The zero-order chi connectivity index (χ0) is 18.5. The lowest BCUT2D eigenvalue weighted by Gasteiger charge is -2.35. The second-order valence-electron chi connectivity index (χ2n) is 7.49. The highest BCUT2D eigenvalue weighted by Crippen LogP contribution is 2.23. The standard InChI is InChI=1S/C20H28N4OS/c1-4-18-19(26-23-22-18)20(25)21-10-16-7-5-6-8-17(16)13-24-11-14(2)9-15(3)12-24/h5-8,14-15H,4,9-13H2,1-3H3,(H,21,25). The summed E-state index contributed by atoms with van der Waals surface area (Å²) in [5.41, 5.74) is 3.26. The van der Waals surface area contributed by atoms with E-state index in [9.17, 15) is 4.79 Å². The summed E-state index contributed by atoms with van der Waals surface area (Å²) in [7, 11) is 0. The SMILES string of the molecule is CCc1nnsc1C(=O)NCc1ccccc1CN1CC(C)CC(C)C1. The molecule has 1 aliphatic heterocycles. The zero-order valence-corrected chi connectivity index (χ0v) is 16.7. The highest BCUT2D eigenvalue weighted by Gasteiger charge is 2.22. The molecule has 0 radical (unpaired) electrons. The second kappa shape index (κ2) is 8.73. The Labute approximate surface area is 160 Å². The average molecular weight is 373 g/mol. The molecule has 1 aliphatic rings. The van der Waals surface area contributed by atoms with Gasteiger partial charge < -0.3 is 5.32 Å². The van der Waals surface area contributed by atoms with Crippen LogP contribution < -0.4 is 5.32 Å². The molecule has 1 aromatic heterocycles. The maximum atomic E-state index is 12.5. The fourth-order valence-electron chi connectivity index (χ4n) is 3.91. The number of aromatic nitrogens is 2. The Morgan fingerprint density at radius 3 is 2.62 bits per heavy atom. The van der Waals surface area contributed by atoms with Crippen molar-refractivity contribution < 1.29 is 4.79 Å². The van der Waals surface area contributed by atoms with E-state index in [-0.39, 0.29) is 5.91 Å². The van der Waals surface area contributed by atoms with E-state index in [1.54, 1.807) is 0 Å². The van der Waals surface area contributed by atoms with Crippen molar-refractivity contribution in [2.45, 2.75) is 46.7 Å². The summed E-state index contributed by atoms with van der Waals surface area (Å²) in [5, 5.41) is 7.07. The largest absolute Gasteiger partial charge is 0.347 e. The van der Waals surface area contributed by atoms with Crippen LogP contribution >= 0.6 is 11.5 Å². The molecule has 5 nitrogen and oxygen atoms in total. The molecule has 6 heteroatoms. The molecular weight excluding hydrogens is 344 g/mol. The molecule has 2 atom stereocenters. The van der Waals surface area contributed by atoms with Gasteiger partial charge >= 0.3 is 0 Å². The minimum absolute atomic E-state index is 0.0770. The van der Waals surface area contributed by atoms with Crippen LogP contribution in [0.2, 0.25) is 0 Å². The van der Waals surface area contributed by atoms with Crippen LogP contribution in [0.3, 0.4) is 0 Å². The number of nitrogens with zero attached hydrogens (tertiary/aromatic N) is 3. The first-order valence-corrected chi connectivity index (χ1v) is 10.2. The molecule has 140 valence electrons. The normalized spacial score (nSPS) is 20.9. The Hall–Kier alpha value is -1.79. The summed E-state index contributed by atoms with van der Waals surface area (Å²) < 4.78 is 3.90. The van der Waals surface area contributed by atoms with E-state index in [2.05, 4.69) is 51.9 Å². The molecule has 1 amide bonds. The molecule has 0 saturated carbocycles. The van der Waals surface area contributed by atoms with Crippen LogP contribution in [0.25, 0.3) is 0 Å². The van der Waals surface area contributed by atoms with E-state index in [1.165, 1.54) is 29.1 Å². The quantitative estimate of drug-likeness (QED) is 0.843. The minimum Gasteiger partial charge on any atom is -0.347 e. The van der Waals surface area contributed by atoms with Gasteiger partial charge in [-0.25, -0.2) is 0 Å². The van der Waals surface area contributed by atoms with E-state index in [0.29, 0.717) is 11.4 Å². The lowest BCUT2D eigenvalue weighted by Crippen LogP contribution is -2.38. The Morgan fingerprint density at radius 2 is 1.92 bits per heavy atom. The van der Waals surface area contributed by atoms with Gasteiger partial charge in [0.25, 0.3) is 5.91 Å². The van der Waals surface area contributed by atoms with Gasteiger partial charge in [0.1, 0.15) is 4.88 Å². The number of nitrogens with one attached hydrogen (secondary N) is 1. The van der Waals surface area contributed by atoms with E-state index < -0.39 is 0 Å². The molecule has 1 N–H and O–H groups in total. The first kappa shape index (κ1) is 19.0. The third-order valence-corrected chi connectivity index (χ3v) is 5.76. The number of rotatable bonds is 6. The Bertz CT molecular complexity index is 735. The Balaban J connectivity index is 1.65. The predicted octanol–water partition coefficient (Wildman–Crippen LogP) is 3.51. The lowest BCUT2D eigenvalue weighted by atomic mass is 9.91. The van der Waals surface area contributed by atoms with Gasteiger partial charge in [0.05, 0.1) is 5.69 Å². The first-order chi connectivity index (χ1) is 12.6. The third kappa shape index (κ3) is 4.68. The number of carbonyl (C=O) groups excluding carboxylic acids is 1. The molecule has 0 bridgehead atoms. The van der Waals surface area contributed by atoms with Gasteiger partial charge in [-0.3, -0.25) is 9.69 Å². The second-order valence-corrected chi connectivity index (χ2v) is 8.25. The summed E-state index contributed by atoms with van der Waals surface area (Å²) in [6.45, 7) is 10.4. The van der Waals surface area contributed by atoms with Crippen LogP contribution in [0.15, 0.2) is 24.3 Å². The average Bonchev–Trinajstić information content (AvgIpc) is 3.08. The van der Waals surface area contributed by atoms with Gasteiger partial charge in [-0.15, -0.1) is 5.10 Å². The number of hydrogen-bond donors (Lipinski definition) is 1. The van der Waals surface area contributed by atoms with E-state index in [4.69, 9.17) is 0 Å². The summed E-state index contributed by atoms with van der Waals surface area (Å²) in [4.78, 5) is 15.6. The van der Waals surface area contributed by atoms with Crippen molar-refractivity contribution in [1.29, 1.82) is 0 Å². The minimum atomic E-state index is -0.0770. The van der Waals surface area contributed by atoms with Gasteiger partial charge in [-0.1, -0.05) is 49.5 Å². The van der Waals surface area contributed by atoms with Gasteiger partial charge in [0, 0.05) is 26.2 Å². The molecule has 3 rings (SSSR count). The molecule has 26 heavy (non-hydrogen) atoms. The van der Waals surface area contributed by atoms with Crippen molar-refractivity contribution >= 4 is 17.4 Å². The van der Waals surface area contributed by atoms with Crippen molar-refractivity contribution in [2.24, 2.45) is 11.8 Å². The first-order valence-electron chi connectivity index (χ1n) is 9.45. The topological polar surface area (TPSA) is 58.1 Å². The molecular formula is C20H28N4OS. The fraction of sp³-hybridized carbons (Fsp3) is 0.550. The van der Waals surface area contributed by atoms with Crippen molar-refractivity contribution in [3.63, 3.8) is 0 Å². The van der Waals surface area contributed by atoms with Crippen molar-refractivity contribution in [3.8, 4) is 0 Å². The van der Waals surface area contributed by atoms with E-state index in [1.807, 2.05) is 13.0 Å². The molecule has 2 heterocycles. The number of benzene rings is 1. The Morgan fingerprint density at radius 1 is 1.23 bits per heavy atom. The van der Waals surface area contributed by atoms with Crippen LogP contribution in [0.5, 0.6) is 0 Å².